The molecule has 2 amide bonds. The number of carbonyl (C=O) groups excluding carboxylic acids is 2. The van der Waals surface area contributed by atoms with Crippen molar-refractivity contribution in [3.05, 3.63) is 83.9 Å². The summed E-state index contributed by atoms with van der Waals surface area (Å²) >= 11 is 0. The van der Waals surface area contributed by atoms with Crippen LogP contribution in [-0.4, -0.2) is 26.9 Å². The van der Waals surface area contributed by atoms with Crippen molar-refractivity contribution < 1.29 is 9.59 Å². The molecule has 6 nitrogen and oxygen atoms in total. The van der Waals surface area contributed by atoms with Crippen LogP contribution in [-0.2, 0) is 7.05 Å². The summed E-state index contributed by atoms with van der Waals surface area (Å²) in [6.45, 7) is 5.77. The van der Waals surface area contributed by atoms with Crippen molar-refractivity contribution >= 4 is 28.5 Å². The fourth-order valence-electron chi connectivity index (χ4n) is 3.50. The minimum absolute atomic E-state index is 0.165. The fourth-order valence-corrected chi connectivity index (χ4v) is 3.50. The zero-order valence-corrected chi connectivity index (χ0v) is 18.6. The molecule has 1 heterocycles. The zero-order valence-electron chi connectivity index (χ0n) is 18.6. The summed E-state index contributed by atoms with van der Waals surface area (Å²) in [7, 11) is 1.99. The van der Waals surface area contributed by atoms with Gasteiger partial charge in [-0.2, -0.15) is 0 Å². The molecule has 0 spiro atoms. The third kappa shape index (κ3) is 4.54. The largest absolute Gasteiger partial charge is 0.347 e. The van der Waals surface area contributed by atoms with Gasteiger partial charge in [-0.05, 0) is 81.4 Å². The number of anilines is 1. The molecule has 6 heteroatoms. The average Bonchev–Trinajstić information content (AvgIpc) is 3.10. The van der Waals surface area contributed by atoms with E-state index in [1.54, 1.807) is 24.3 Å². The first kappa shape index (κ1) is 21.3. The van der Waals surface area contributed by atoms with Crippen molar-refractivity contribution in [2.24, 2.45) is 7.05 Å². The van der Waals surface area contributed by atoms with Crippen molar-refractivity contribution in [2.45, 2.75) is 26.3 Å². The molecule has 4 rings (SSSR count). The number of aromatic nitrogens is 2. The second-order valence-electron chi connectivity index (χ2n) is 8.80. The third-order valence-corrected chi connectivity index (χ3v) is 5.09. The van der Waals surface area contributed by atoms with Gasteiger partial charge in [-0.3, -0.25) is 9.59 Å². The Morgan fingerprint density at radius 1 is 0.812 bits per heavy atom. The molecule has 1 aromatic heterocycles. The highest BCUT2D eigenvalue weighted by Crippen LogP contribution is 2.25. The van der Waals surface area contributed by atoms with E-state index in [2.05, 4.69) is 15.2 Å². The van der Waals surface area contributed by atoms with E-state index in [4.69, 9.17) is 4.98 Å². The number of para-hydroxylation sites is 2. The predicted molar refractivity (Wildman–Crippen MR) is 128 cm³/mol. The number of carbonyl (C=O) groups is 2. The Labute approximate surface area is 187 Å². The minimum Gasteiger partial charge on any atom is -0.347 e. The minimum atomic E-state index is -0.319. The van der Waals surface area contributed by atoms with Gasteiger partial charge in [0.15, 0.2) is 0 Å². The Balaban J connectivity index is 1.46. The standard InChI is InChI=1S/C26H26N4O2/c1-26(2,3)29-25(32)19-11-9-18(10-12-19)24(31)27-20-15-13-17(14-16-20)23-28-21-7-5-6-8-22(21)30(23)4/h5-16H,1-4H3,(H,27,31)(H,29,32). The highest BCUT2D eigenvalue weighted by atomic mass is 16.2. The van der Waals surface area contributed by atoms with E-state index >= 15 is 0 Å². The summed E-state index contributed by atoms with van der Waals surface area (Å²) in [4.78, 5) is 29.6. The number of amides is 2. The van der Waals surface area contributed by atoms with Crippen molar-refractivity contribution in [2.75, 3.05) is 5.32 Å². The quantitative estimate of drug-likeness (QED) is 0.481. The van der Waals surface area contributed by atoms with Crippen LogP contribution in [0.4, 0.5) is 5.69 Å². The molecule has 0 aliphatic carbocycles. The topological polar surface area (TPSA) is 76.0 Å². The van der Waals surface area contributed by atoms with Gasteiger partial charge in [0.05, 0.1) is 11.0 Å². The Morgan fingerprint density at radius 3 is 2.00 bits per heavy atom. The first-order valence-electron chi connectivity index (χ1n) is 10.5. The van der Waals surface area contributed by atoms with Gasteiger partial charge in [0.1, 0.15) is 5.82 Å². The molecule has 0 aliphatic heterocycles. The number of hydrogen-bond donors (Lipinski definition) is 2. The monoisotopic (exact) mass is 426 g/mol. The normalized spacial score (nSPS) is 11.4. The lowest BCUT2D eigenvalue weighted by Gasteiger charge is -2.20. The maximum atomic E-state index is 12.6. The van der Waals surface area contributed by atoms with Crippen LogP contribution in [0.2, 0.25) is 0 Å². The van der Waals surface area contributed by atoms with Crippen LogP contribution in [0.3, 0.4) is 0 Å². The Kier molecular flexibility index (Phi) is 5.53. The Bertz CT molecular complexity index is 1280. The van der Waals surface area contributed by atoms with Crippen LogP contribution < -0.4 is 10.6 Å². The van der Waals surface area contributed by atoms with E-state index in [0.29, 0.717) is 16.8 Å². The number of imidazole rings is 1. The molecule has 32 heavy (non-hydrogen) atoms. The molecule has 0 aliphatic rings. The van der Waals surface area contributed by atoms with Gasteiger partial charge in [0, 0.05) is 35.0 Å². The number of benzene rings is 3. The summed E-state index contributed by atoms with van der Waals surface area (Å²) in [5.41, 5.74) is 4.35. The Morgan fingerprint density at radius 2 is 1.41 bits per heavy atom. The van der Waals surface area contributed by atoms with E-state index in [0.717, 1.165) is 22.4 Å². The van der Waals surface area contributed by atoms with Crippen LogP contribution in [0.1, 0.15) is 41.5 Å². The van der Waals surface area contributed by atoms with E-state index < -0.39 is 0 Å². The van der Waals surface area contributed by atoms with Crippen molar-refractivity contribution in [1.82, 2.24) is 14.9 Å². The predicted octanol–water partition coefficient (Wildman–Crippen LogP) is 5.02. The van der Waals surface area contributed by atoms with Gasteiger partial charge >= 0.3 is 0 Å². The number of aryl methyl sites for hydroxylation is 1. The smallest absolute Gasteiger partial charge is 0.255 e. The maximum absolute atomic E-state index is 12.6. The first-order chi connectivity index (χ1) is 15.2. The summed E-state index contributed by atoms with van der Waals surface area (Å²) in [5, 5.41) is 5.81. The van der Waals surface area contributed by atoms with Gasteiger partial charge in [0.25, 0.3) is 11.8 Å². The van der Waals surface area contributed by atoms with Gasteiger partial charge in [-0.25, -0.2) is 4.98 Å². The maximum Gasteiger partial charge on any atom is 0.255 e. The lowest BCUT2D eigenvalue weighted by molar-refractivity contribution is 0.0918. The van der Waals surface area contributed by atoms with Crippen molar-refractivity contribution in [3.63, 3.8) is 0 Å². The lowest BCUT2D eigenvalue weighted by Crippen LogP contribution is -2.40. The molecule has 0 saturated heterocycles. The van der Waals surface area contributed by atoms with Crippen LogP contribution in [0.5, 0.6) is 0 Å². The highest BCUT2D eigenvalue weighted by molar-refractivity contribution is 6.05. The van der Waals surface area contributed by atoms with Crippen LogP contribution in [0.15, 0.2) is 72.8 Å². The average molecular weight is 427 g/mol. The molecule has 0 atom stereocenters. The summed E-state index contributed by atoms with van der Waals surface area (Å²) in [6, 6.07) is 22.2. The zero-order chi connectivity index (χ0) is 22.9. The molecule has 0 saturated carbocycles. The number of nitrogens with zero attached hydrogens (tertiary/aromatic N) is 2. The number of nitrogens with one attached hydrogen (secondary N) is 2. The van der Waals surface area contributed by atoms with Crippen LogP contribution in [0, 0.1) is 0 Å². The molecule has 0 fully saturated rings. The number of rotatable bonds is 4. The molecule has 0 bridgehead atoms. The molecule has 3 aromatic carbocycles. The van der Waals surface area contributed by atoms with E-state index in [-0.39, 0.29) is 17.4 Å². The summed E-state index contributed by atoms with van der Waals surface area (Å²) < 4.78 is 2.06. The van der Waals surface area contributed by atoms with Crippen LogP contribution >= 0.6 is 0 Å². The molecular formula is C26H26N4O2. The highest BCUT2D eigenvalue weighted by Gasteiger charge is 2.16. The second-order valence-corrected chi connectivity index (χ2v) is 8.80. The molecular weight excluding hydrogens is 400 g/mol. The van der Waals surface area contributed by atoms with Gasteiger partial charge < -0.3 is 15.2 Å². The Hall–Kier alpha value is -3.93. The SMILES string of the molecule is Cn1c(-c2ccc(NC(=O)c3ccc(C(=O)NC(C)(C)C)cc3)cc2)nc2ccccc21. The molecule has 162 valence electrons. The first-order valence-corrected chi connectivity index (χ1v) is 10.5. The van der Waals surface area contributed by atoms with Gasteiger partial charge in [-0.15, -0.1) is 0 Å². The summed E-state index contributed by atoms with van der Waals surface area (Å²) in [6.07, 6.45) is 0. The third-order valence-electron chi connectivity index (χ3n) is 5.09. The van der Waals surface area contributed by atoms with E-state index in [9.17, 15) is 9.59 Å². The van der Waals surface area contributed by atoms with E-state index in [1.165, 1.54) is 0 Å². The van der Waals surface area contributed by atoms with Gasteiger partial charge in [0.2, 0.25) is 0 Å². The molecule has 0 radical (unpaired) electrons. The molecule has 0 unspecified atom stereocenters. The van der Waals surface area contributed by atoms with Crippen molar-refractivity contribution in [1.29, 1.82) is 0 Å². The second kappa shape index (κ2) is 8.30. The van der Waals surface area contributed by atoms with Crippen LogP contribution in [0.25, 0.3) is 22.4 Å². The number of fused-ring (bicyclic) bond motifs is 1. The van der Waals surface area contributed by atoms with Crippen molar-refractivity contribution in [3.8, 4) is 11.4 Å². The molecule has 4 aromatic rings. The molecule has 2 N–H and O–H groups in total. The van der Waals surface area contributed by atoms with E-state index in [1.807, 2.05) is 76.3 Å². The number of hydrogen-bond acceptors (Lipinski definition) is 3. The fraction of sp³-hybridized carbons (Fsp3) is 0.192. The summed E-state index contributed by atoms with van der Waals surface area (Å²) in [5.74, 6) is 0.471. The lowest BCUT2D eigenvalue weighted by atomic mass is 10.1. The van der Waals surface area contributed by atoms with Gasteiger partial charge in [-0.1, -0.05) is 12.1 Å².